The van der Waals surface area contributed by atoms with Crippen LogP contribution in [-0.4, -0.2) is 58.5 Å². The van der Waals surface area contributed by atoms with Crippen LogP contribution in [0.15, 0.2) is 36.7 Å². The molecule has 2 aromatic rings. The van der Waals surface area contributed by atoms with Crippen molar-refractivity contribution in [3.05, 3.63) is 53.6 Å². The molecule has 1 aromatic heterocycles. The predicted molar refractivity (Wildman–Crippen MR) is 103 cm³/mol. The van der Waals surface area contributed by atoms with Crippen molar-refractivity contribution in [1.82, 2.24) is 24.7 Å². The number of likely N-dealkylation sites (N-methyl/N-ethyl adjacent to an activating group) is 1. The molecule has 1 N–H and O–H groups in total. The lowest BCUT2D eigenvalue weighted by atomic mass is 10.1. The number of piperazine rings is 1. The van der Waals surface area contributed by atoms with E-state index in [0.717, 1.165) is 31.9 Å². The van der Waals surface area contributed by atoms with Gasteiger partial charge in [-0.1, -0.05) is 31.2 Å². The van der Waals surface area contributed by atoms with E-state index in [1.165, 1.54) is 11.1 Å². The second-order valence-electron chi connectivity index (χ2n) is 7.01. The highest BCUT2D eigenvalue weighted by Crippen LogP contribution is 2.20. The number of rotatable bonds is 6. The maximum absolute atomic E-state index is 12.8. The van der Waals surface area contributed by atoms with Gasteiger partial charge in [-0.25, -0.2) is 4.98 Å². The minimum Gasteiger partial charge on any atom is -0.340 e. The van der Waals surface area contributed by atoms with E-state index < -0.39 is 0 Å². The molecule has 1 aliphatic rings. The first-order valence-electron chi connectivity index (χ1n) is 9.32. The molecule has 1 aromatic carbocycles. The summed E-state index contributed by atoms with van der Waals surface area (Å²) in [6.07, 6.45) is 4.80. The molecule has 0 spiro atoms. The normalized spacial score (nSPS) is 18.0. The quantitative estimate of drug-likeness (QED) is 0.855. The molecular formula is C20H29N5O. The number of hydrogen-bond acceptors (Lipinski definition) is 4. The van der Waals surface area contributed by atoms with Crippen molar-refractivity contribution < 1.29 is 4.79 Å². The lowest BCUT2D eigenvalue weighted by molar-refractivity contribution is -0.132. The van der Waals surface area contributed by atoms with Gasteiger partial charge in [0, 0.05) is 52.7 Å². The van der Waals surface area contributed by atoms with Crippen LogP contribution in [0.25, 0.3) is 0 Å². The minimum absolute atomic E-state index is 0.130. The molecule has 1 unspecified atom stereocenters. The summed E-state index contributed by atoms with van der Waals surface area (Å²) in [5.74, 6) is 1.15. The van der Waals surface area contributed by atoms with Crippen LogP contribution in [0.2, 0.25) is 0 Å². The Balaban J connectivity index is 1.62. The smallest absolute Gasteiger partial charge is 0.236 e. The minimum atomic E-state index is 0.130. The Morgan fingerprint density at radius 3 is 2.69 bits per heavy atom. The second kappa shape index (κ2) is 8.47. The summed E-state index contributed by atoms with van der Waals surface area (Å²) < 4.78 is 2.04. The highest BCUT2D eigenvalue weighted by atomic mass is 16.2. The number of imidazole rings is 1. The van der Waals surface area contributed by atoms with Gasteiger partial charge in [0.25, 0.3) is 0 Å². The summed E-state index contributed by atoms with van der Waals surface area (Å²) in [6.45, 7) is 5.78. The van der Waals surface area contributed by atoms with Gasteiger partial charge in [0.1, 0.15) is 5.82 Å². The van der Waals surface area contributed by atoms with Gasteiger partial charge < -0.3 is 14.8 Å². The average molecular weight is 355 g/mol. The Labute approximate surface area is 155 Å². The third kappa shape index (κ3) is 4.31. The average Bonchev–Trinajstić information content (AvgIpc) is 3.08. The molecule has 3 rings (SSSR count). The molecule has 0 bridgehead atoms. The third-order valence-electron chi connectivity index (χ3n) is 5.13. The number of benzene rings is 1. The van der Waals surface area contributed by atoms with E-state index in [-0.39, 0.29) is 11.9 Å². The Morgan fingerprint density at radius 2 is 2.04 bits per heavy atom. The van der Waals surface area contributed by atoms with Gasteiger partial charge >= 0.3 is 0 Å². The van der Waals surface area contributed by atoms with Gasteiger partial charge in [0.05, 0.1) is 12.6 Å². The van der Waals surface area contributed by atoms with E-state index in [4.69, 9.17) is 0 Å². The van der Waals surface area contributed by atoms with E-state index in [9.17, 15) is 4.79 Å². The van der Waals surface area contributed by atoms with Crippen molar-refractivity contribution in [3.63, 3.8) is 0 Å². The number of carbonyl (C=O) groups excluding carboxylic acids is 1. The van der Waals surface area contributed by atoms with Crippen molar-refractivity contribution in [2.24, 2.45) is 7.05 Å². The molecule has 1 aliphatic heterocycles. The molecule has 0 radical (unpaired) electrons. The van der Waals surface area contributed by atoms with Crippen LogP contribution in [0, 0.1) is 0 Å². The van der Waals surface area contributed by atoms with E-state index in [1.807, 2.05) is 36.0 Å². The number of carbonyl (C=O) groups is 1. The van der Waals surface area contributed by atoms with Gasteiger partial charge in [0.15, 0.2) is 0 Å². The number of aryl methyl sites for hydroxylation is 2. The number of amides is 1. The molecule has 1 fully saturated rings. The summed E-state index contributed by atoms with van der Waals surface area (Å²) in [5.41, 5.74) is 2.49. The van der Waals surface area contributed by atoms with Crippen LogP contribution in [0.5, 0.6) is 0 Å². The molecule has 1 saturated heterocycles. The molecular weight excluding hydrogens is 326 g/mol. The maximum Gasteiger partial charge on any atom is 0.236 e. The van der Waals surface area contributed by atoms with Crippen molar-refractivity contribution in [3.8, 4) is 0 Å². The van der Waals surface area contributed by atoms with Crippen molar-refractivity contribution >= 4 is 5.91 Å². The predicted octanol–water partition coefficient (Wildman–Crippen LogP) is 1.59. The van der Waals surface area contributed by atoms with Crippen LogP contribution < -0.4 is 5.32 Å². The van der Waals surface area contributed by atoms with Gasteiger partial charge in [0.2, 0.25) is 5.91 Å². The summed E-state index contributed by atoms with van der Waals surface area (Å²) in [6, 6.07) is 8.64. The van der Waals surface area contributed by atoms with Gasteiger partial charge in [-0.05, 0) is 17.5 Å². The Hall–Kier alpha value is -2.18. The van der Waals surface area contributed by atoms with Crippen LogP contribution in [0.4, 0.5) is 0 Å². The van der Waals surface area contributed by atoms with Crippen LogP contribution in [0.3, 0.4) is 0 Å². The zero-order valence-electron chi connectivity index (χ0n) is 16.0. The first kappa shape index (κ1) is 18.6. The molecule has 1 amide bonds. The lowest BCUT2D eigenvalue weighted by Crippen LogP contribution is -2.50. The molecule has 6 nitrogen and oxygen atoms in total. The first-order chi connectivity index (χ1) is 12.6. The van der Waals surface area contributed by atoms with Gasteiger partial charge in [-0.15, -0.1) is 0 Å². The van der Waals surface area contributed by atoms with Gasteiger partial charge in [-0.3, -0.25) is 9.69 Å². The van der Waals surface area contributed by atoms with Gasteiger partial charge in [-0.2, -0.15) is 0 Å². The van der Waals surface area contributed by atoms with E-state index in [2.05, 4.69) is 46.4 Å². The summed E-state index contributed by atoms with van der Waals surface area (Å²) in [5, 5.41) is 3.41. The highest BCUT2D eigenvalue weighted by molar-refractivity contribution is 5.78. The SMILES string of the molecule is CCc1ccc(CN(C)C(=O)CN2CCNCC2c2nccn2C)cc1. The highest BCUT2D eigenvalue weighted by Gasteiger charge is 2.28. The van der Waals surface area contributed by atoms with Crippen molar-refractivity contribution in [2.75, 3.05) is 33.2 Å². The van der Waals surface area contributed by atoms with E-state index in [1.54, 1.807) is 0 Å². The Bertz CT molecular complexity index is 724. The molecule has 140 valence electrons. The Kier molecular flexibility index (Phi) is 6.06. The standard InChI is InChI=1S/C20H29N5O/c1-4-16-5-7-17(8-6-16)14-24(3)19(26)15-25-12-9-21-13-18(25)20-22-10-11-23(20)2/h5-8,10-11,18,21H,4,9,12-15H2,1-3H3. The number of aromatic nitrogens is 2. The zero-order valence-corrected chi connectivity index (χ0v) is 16.0. The largest absolute Gasteiger partial charge is 0.340 e. The first-order valence-corrected chi connectivity index (χ1v) is 9.32. The number of hydrogen-bond donors (Lipinski definition) is 1. The summed E-state index contributed by atoms with van der Waals surface area (Å²) in [7, 11) is 3.89. The number of nitrogens with one attached hydrogen (secondary N) is 1. The van der Waals surface area contributed by atoms with Crippen LogP contribution in [0.1, 0.15) is 29.9 Å². The molecule has 0 aliphatic carbocycles. The van der Waals surface area contributed by atoms with Crippen molar-refractivity contribution in [1.29, 1.82) is 0 Å². The van der Waals surface area contributed by atoms with E-state index in [0.29, 0.717) is 13.1 Å². The zero-order chi connectivity index (χ0) is 18.5. The molecule has 6 heteroatoms. The summed E-state index contributed by atoms with van der Waals surface area (Å²) >= 11 is 0. The summed E-state index contributed by atoms with van der Waals surface area (Å²) in [4.78, 5) is 21.3. The fourth-order valence-electron chi connectivity index (χ4n) is 3.43. The van der Waals surface area contributed by atoms with E-state index >= 15 is 0 Å². The Morgan fingerprint density at radius 1 is 1.31 bits per heavy atom. The van der Waals surface area contributed by atoms with Crippen LogP contribution >= 0.6 is 0 Å². The fourth-order valence-corrected chi connectivity index (χ4v) is 3.43. The topological polar surface area (TPSA) is 53.4 Å². The van der Waals surface area contributed by atoms with Crippen LogP contribution in [-0.2, 0) is 24.8 Å². The lowest BCUT2D eigenvalue weighted by Gasteiger charge is -2.36. The maximum atomic E-state index is 12.8. The third-order valence-corrected chi connectivity index (χ3v) is 5.13. The van der Waals surface area contributed by atoms with Crippen molar-refractivity contribution in [2.45, 2.75) is 25.9 Å². The molecule has 26 heavy (non-hydrogen) atoms. The molecule has 1 atom stereocenters. The molecule has 2 heterocycles. The number of nitrogens with zero attached hydrogens (tertiary/aromatic N) is 4. The fraction of sp³-hybridized carbons (Fsp3) is 0.500. The monoisotopic (exact) mass is 355 g/mol. The second-order valence-corrected chi connectivity index (χ2v) is 7.01. The molecule has 0 saturated carbocycles.